The summed E-state index contributed by atoms with van der Waals surface area (Å²) >= 11 is 0. The summed E-state index contributed by atoms with van der Waals surface area (Å²) in [5.41, 5.74) is 6.19. The molecular weight excluding hydrogens is 450 g/mol. The second-order valence-electron chi connectivity index (χ2n) is 10.3. The van der Waals surface area contributed by atoms with Gasteiger partial charge in [-0.15, -0.1) is 0 Å². The molecule has 210 valence electrons. The lowest BCUT2D eigenvalue weighted by Crippen LogP contribution is -2.30. The normalized spacial score (nSPS) is 17.6. The third-order valence-corrected chi connectivity index (χ3v) is 9.37. The molecule has 0 aliphatic carbocycles. The van der Waals surface area contributed by atoms with Crippen LogP contribution in [-0.2, 0) is 10.8 Å². The highest BCUT2D eigenvalue weighted by atomic mass is 16.3. The van der Waals surface area contributed by atoms with Gasteiger partial charge in [0.15, 0.2) is 0 Å². The van der Waals surface area contributed by atoms with Crippen LogP contribution in [0.25, 0.3) is 0 Å². The maximum atomic E-state index is 10.3. The molecule has 0 saturated carbocycles. The van der Waals surface area contributed by atoms with Crippen molar-refractivity contribution in [3.8, 4) is 0 Å². The molecule has 2 aromatic carbocycles. The highest BCUT2D eigenvalue weighted by Crippen LogP contribution is 2.39. The topological polar surface area (TPSA) is 32.3 Å². The van der Waals surface area contributed by atoms with Crippen LogP contribution in [0, 0.1) is 0 Å². The summed E-state index contributed by atoms with van der Waals surface area (Å²) in [6.45, 7) is 22.6. The second kappa shape index (κ2) is 16.4. The molecule has 0 bridgehead atoms. The van der Waals surface area contributed by atoms with Gasteiger partial charge in [-0.3, -0.25) is 0 Å². The molecule has 1 unspecified atom stereocenters. The van der Waals surface area contributed by atoms with Crippen LogP contribution in [0.5, 0.6) is 0 Å². The summed E-state index contributed by atoms with van der Waals surface area (Å²) in [6.07, 6.45) is 7.60. The third-order valence-electron chi connectivity index (χ3n) is 9.37. The highest BCUT2D eigenvalue weighted by molar-refractivity contribution is 5.40. The Hall–Kier alpha value is -1.64. The van der Waals surface area contributed by atoms with Gasteiger partial charge in [-0.05, 0) is 78.0 Å². The molecule has 0 spiro atoms. The first-order chi connectivity index (χ1) is 17.9. The van der Waals surface area contributed by atoms with E-state index in [-0.39, 0.29) is 28.9 Å². The molecular formula is C35H59NO. The smallest absolute Gasteiger partial charge is 0.0679 e. The van der Waals surface area contributed by atoms with Crippen molar-refractivity contribution in [2.45, 2.75) is 143 Å². The van der Waals surface area contributed by atoms with Gasteiger partial charge in [-0.2, -0.15) is 0 Å². The number of benzene rings is 2. The maximum absolute atomic E-state index is 10.3. The minimum absolute atomic E-state index is 0.253. The maximum Gasteiger partial charge on any atom is 0.0679 e. The van der Waals surface area contributed by atoms with Gasteiger partial charge in [0, 0.05) is 18.5 Å². The molecule has 37 heavy (non-hydrogen) atoms. The number of nitrogens with one attached hydrogen (secondary N) is 1. The molecule has 2 N–H and O–H groups in total. The molecule has 2 atom stereocenters. The van der Waals surface area contributed by atoms with Crippen LogP contribution < -0.4 is 5.32 Å². The van der Waals surface area contributed by atoms with E-state index in [0.717, 1.165) is 6.42 Å². The summed E-state index contributed by atoms with van der Waals surface area (Å²) in [5.74, 6) is 0.254. The number of rotatable bonds is 11. The van der Waals surface area contributed by atoms with Crippen molar-refractivity contribution in [3.63, 3.8) is 0 Å². The molecule has 1 saturated heterocycles. The Labute approximate surface area is 230 Å². The van der Waals surface area contributed by atoms with Crippen LogP contribution in [0.3, 0.4) is 0 Å². The molecule has 0 aromatic heterocycles. The predicted octanol–water partition coefficient (Wildman–Crippen LogP) is 9.53. The minimum atomic E-state index is -0.253. The lowest BCUT2D eigenvalue weighted by atomic mass is 9.72. The van der Waals surface area contributed by atoms with Gasteiger partial charge >= 0.3 is 0 Å². The zero-order valence-corrected chi connectivity index (χ0v) is 26.0. The van der Waals surface area contributed by atoms with Crippen molar-refractivity contribution in [2.24, 2.45) is 0 Å². The molecule has 2 heteroatoms. The first kappa shape index (κ1) is 33.4. The van der Waals surface area contributed by atoms with Crippen molar-refractivity contribution in [1.29, 1.82) is 0 Å². The monoisotopic (exact) mass is 509 g/mol. The Morgan fingerprint density at radius 3 is 1.22 bits per heavy atom. The largest absolute Gasteiger partial charge is 0.392 e. The number of aliphatic hydroxyl groups excluding tert-OH is 1. The summed E-state index contributed by atoms with van der Waals surface area (Å²) in [5, 5.41) is 13.9. The van der Waals surface area contributed by atoms with Crippen molar-refractivity contribution in [2.75, 3.05) is 6.54 Å². The van der Waals surface area contributed by atoms with E-state index in [0.29, 0.717) is 6.54 Å². The number of aliphatic hydroxyl groups is 1. The quantitative estimate of drug-likeness (QED) is 0.316. The molecule has 1 aliphatic rings. The van der Waals surface area contributed by atoms with Gasteiger partial charge in [-0.25, -0.2) is 0 Å². The van der Waals surface area contributed by atoms with E-state index in [1.54, 1.807) is 0 Å². The Bertz CT molecular complexity index is 766. The SMILES string of the molecule is CC.CC.CCC(CC)(CC)c1ccc(C(c2ccc(C(CC)(CC)CC)cc2)C2C[C@H](O)CN2)cc1. The number of hydrogen-bond acceptors (Lipinski definition) is 2. The van der Waals surface area contributed by atoms with E-state index in [1.807, 2.05) is 27.7 Å². The number of hydrogen-bond donors (Lipinski definition) is 2. The first-order valence-electron chi connectivity index (χ1n) is 15.5. The van der Waals surface area contributed by atoms with E-state index in [1.165, 1.54) is 60.8 Å². The fourth-order valence-corrected chi connectivity index (χ4v) is 6.47. The van der Waals surface area contributed by atoms with Crippen LogP contribution in [0.1, 0.15) is 142 Å². The average Bonchev–Trinajstić information content (AvgIpc) is 3.40. The lowest BCUT2D eigenvalue weighted by molar-refractivity contribution is 0.192. The van der Waals surface area contributed by atoms with Crippen LogP contribution in [0.2, 0.25) is 0 Å². The predicted molar refractivity (Wildman–Crippen MR) is 165 cm³/mol. The Kier molecular flexibility index (Phi) is 14.8. The second-order valence-corrected chi connectivity index (χ2v) is 10.3. The van der Waals surface area contributed by atoms with E-state index >= 15 is 0 Å². The van der Waals surface area contributed by atoms with E-state index in [2.05, 4.69) is 95.4 Å². The van der Waals surface area contributed by atoms with Crippen molar-refractivity contribution < 1.29 is 5.11 Å². The van der Waals surface area contributed by atoms with Gasteiger partial charge in [0.05, 0.1) is 6.10 Å². The standard InChI is InChI=1S/C31H47NO.2C2H6/c1-7-30(8-2,9-3)25-17-13-23(14-18-25)29(28-21-27(33)22-32-28)24-15-19-26(20-16-24)31(10-4,11-5)12-6;2*1-2/h13-20,27-29,32-33H,7-12,21-22H2,1-6H3;2*1-2H3/t27-,28?;;/m0../s1. The van der Waals surface area contributed by atoms with Crippen molar-refractivity contribution in [1.82, 2.24) is 5.32 Å². The summed E-state index contributed by atoms with van der Waals surface area (Å²) in [4.78, 5) is 0. The molecule has 2 nitrogen and oxygen atoms in total. The molecule has 1 aliphatic heterocycles. The molecule has 2 aromatic rings. The average molecular weight is 510 g/mol. The van der Waals surface area contributed by atoms with E-state index in [9.17, 15) is 5.11 Å². The van der Waals surface area contributed by atoms with Gasteiger partial charge in [0.2, 0.25) is 0 Å². The Morgan fingerprint density at radius 2 is 0.973 bits per heavy atom. The van der Waals surface area contributed by atoms with Crippen molar-refractivity contribution >= 4 is 0 Å². The fourth-order valence-electron chi connectivity index (χ4n) is 6.47. The minimum Gasteiger partial charge on any atom is -0.392 e. The van der Waals surface area contributed by atoms with Crippen LogP contribution in [0.4, 0.5) is 0 Å². The Balaban J connectivity index is 0.00000163. The molecule has 1 heterocycles. The van der Waals surface area contributed by atoms with Crippen LogP contribution in [-0.4, -0.2) is 23.8 Å². The highest BCUT2D eigenvalue weighted by Gasteiger charge is 2.33. The van der Waals surface area contributed by atoms with E-state index in [4.69, 9.17) is 0 Å². The molecule has 0 amide bonds. The summed E-state index contributed by atoms with van der Waals surface area (Å²) < 4.78 is 0. The molecule has 1 fully saturated rings. The van der Waals surface area contributed by atoms with Gasteiger partial charge in [-0.1, -0.05) is 118 Å². The fraction of sp³-hybridized carbons (Fsp3) is 0.657. The van der Waals surface area contributed by atoms with Crippen LogP contribution >= 0.6 is 0 Å². The first-order valence-corrected chi connectivity index (χ1v) is 15.5. The van der Waals surface area contributed by atoms with Gasteiger partial charge in [0.1, 0.15) is 0 Å². The van der Waals surface area contributed by atoms with Gasteiger partial charge in [0.25, 0.3) is 0 Å². The summed E-state index contributed by atoms with van der Waals surface area (Å²) in [6, 6.07) is 19.1. The van der Waals surface area contributed by atoms with Gasteiger partial charge < -0.3 is 10.4 Å². The zero-order valence-electron chi connectivity index (χ0n) is 26.0. The molecule has 0 radical (unpaired) electrons. The number of β-amino-alcohol motifs (C(OH)–C–C–N with tert-alkyl or cyclic N) is 1. The summed E-state index contributed by atoms with van der Waals surface area (Å²) in [7, 11) is 0. The third kappa shape index (κ3) is 7.48. The zero-order chi connectivity index (χ0) is 28.1. The molecule has 3 rings (SSSR count). The Morgan fingerprint density at radius 1 is 0.649 bits per heavy atom. The van der Waals surface area contributed by atoms with Crippen LogP contribution in [0.15, 0.2) is 48.5 Å². The van der Waals surface area contributed by atoms with E-state index < -0.39 is 0 Å². The van der Waals surface area contributed by atoms with Crippen molar-refractivity contribution in [3.05, 3.63) is 70.8 Å². The lowest BCUT2D eigenvalue weighted by Gasteiger charge is -2.33.